The maximum absolute atomic E-state index is 13.6. The summed E-state index contributed by atoms with van der Waals surface area (Å²) in [7, 11) is 0. The minimum absolute atomic E-state index is 0.123. The Morgan fingerprint density at radius 1 is 1.24 bits per heavy atom. The van der Waals surface area contributed by atoms with E-state index in [4.69, 9.17) is 4.74 Å². The fraction of sp³-hybridized carbons (Fsp3) is 0.294. The second kappa shape index (κ2) is 6.94. The molecule has 0 aliphatic carbocycles. The lowest BCUT2D eigenvalue weighted by molar-refractivity contribution is 0.240. The molecular weight excluding hydrogens is 333 g/mol. The van der Waals surface area contributed by atoms with E-state index in [0.29, 0.717) is 11.0 Å². The van der Waals surface area contributed by atoms with E-state index in [1.807, 2.05) is 45.0 Å². The number of rotatable bonds is 5. The van der Waals surface area contributed by atoms with Gasteiger partial charge in [0, 0.05) is 17.8 Å². The standard InChI is InChI=1S/C17H19BrFNO/c1-11(2)21-17-7-5-4-6-13(17)10-20-16-9-15(19)14(18)8-12(16)3/h4-9,11,20H,10H2,1-3H3. The van der Waals surface area contributed by atoms with Gasteiger partial charge in [-0.3, -0.25) is 0 Å². The molecule has 0 heterocycles. The predicted molar refractivity (Wildman–Crippen MR) is 88.4 cm³/mol. The number of anilines is 1. The number of nitrogens with one attached hydrogen (secondary N) is 1. The summed E-state index contributed by atoms with van der Waals surface area (Å²) >= 11 is 3.19. The van der Waals surface area contributed by atoms with Crippen molar-refractivity contribution in [3.05, 3.63) is 57.8 Å². The summed E-state index contributed by atoms with van der Waals surface area (Å²) in [6.45, 7) is 6.53. The van der Waals surface area contributed by atoms with Crippen LogP contribution in [0.15, 0.2) is 40.9 Å². The van der Waals surface area contributed by atoms with Crippen LogP contribution < -0.4 is 10.1 Å². The third kappa shape index (κ3) is 4.21. The molecule has 0 atom stereocenters. The van der Waals surface area contributed by atoms with Crippen LogP contribution in [-0.2, 0) is 6.54 Å². The number of hydrogen-bond donors (Lipinski definition) is 1. The summed E-state index contributed by atoms with van der Waals surface area (Å²) in [4.78, 5) is 0. The molecule has 1 N–H and O–H groups in total. The van der Waals surface area contributed by atoms with E-state index in [1.54, 1.807) is 6.07 Å². The molecule has 0 aromatic heterocycles. The molecule has 0 aliphatic heterocycles. The van der Waals surface area contributed by atoms with Crippen LogP contribution in [0.25, 0.3) is 0 Å². The summed E-state index contributed by atoms with van der Waals surface area (Å²) in [6.07, 6.45) is 0.123. The number of ether oxygens (including phenoxy) is 1. The summed E-state index contributed by atoms with van der Waals surface area (Å²) < 4.78 is 19.9. The van der Waals surface area contributed by atoms with Gasteiger partial charge in [-0.05, 0) is 60.5 Å². The topological polar surface area (TPSA) is 21.3 Å². The van der Waals surface area contributed by atoms with Gasteiger partial charge in [0.15, 0.2) is 0 Å². The van der Waals surface area contributed by atoms with Gasteiger partial charge in [-0.25, -0.2) is 4.39 Å². The molecule has 0 saturated heterocycles. The highest BCUT2D eigenvalue weighted by atomic mass is 79.9. The lowest BCUT2D eigenvalue weighted by Gasteiger charge is -2.16. The highest BCUT2D eigenvalue weighted by Crippen LogP contribution is 2.26. The zero-order valence-corrected chi connectivity index (χ0v) is 14.0. The number of benzene rings is 2. The molecule has 4 heteroatoms. The molecule has 0 bridgehead atoms. The summed E-state index contributed by atoms with van der Waals surface area (Å²) in [5, 5.41) is 3.27. The molecule has 2 nitrogen and oxygen atoms in total. The molecule has 0 spiro atoms. The van der Waals surface area contributed by atoms with Crippen molar-refractivity contribution in [1.82, 2.24) is 0 Å². The highest BCUT2D eigenvalue weighted by molar-refractivity contribution is 9.10. The van der Waals surface area contributed by atoms with E-state index in [-0.39, 0.29) is 11.9 Å². The summed E-state index contributed by atoms with van der Waals surface area (Å²) in [5.41, 5.74) is 2.83. The molecule has 112 valence electrons. The van der Waals surface area contributed by atoms with Gasteiger partial charge < -0.3 is 10.1 Å². The first-order valence-corrected chi connectivity index (χ1v) is 7.70. The van der Waals surface area contributed by atoms with Gasteiger partial charge in [-0.15, -0.1) is 0 Å². The molecule has 2 rings (SSSR count). The number of halogens is 2. The molecule has 21 heavy (non-hydrogen) atoms. The second-order valence-electron chi connectivity index (χ2n) is 5.21. The SMILES string of the molecule is Cc1cc(Br)c(F)cc1NCc1ccccc1OC(C)C. The van der Waals surface area contributed by atoms with Crippen LogP contribution in [0.5, 0.6) is 5.75 Å². The smallest absolute Gasteiger partial charge is 0.139 e. The number of hydrogen-bond acceptors (Lipinski definition) is 2. The van der Waals surface area contributed by atoms with Crippen molar-refractivity contribution in [2.24, 2.45) is 0 Å². The van der Waals surface area contributed by atoms with Crippen molar-refractivity contribution in [2.45, 2.75) is 33.4 Å². The average Bonchev–Trinajstić information content (AvgIpc) is 2.42. The zero-order chi connectivity index (χ0) is 15.4. The van der Waals surface area contributed by atoms with Crippen molar-refractivity contribution in [3.63, 3.8) is 0 Å². The van der Waals surface area contributed by atoms with Crippen molar-refractivity contribution in [3.8, 4) is 5.75 Å². The minimum Gasteiger partial charge on any atom is -0.491 e. The van der Waals surface area contributed by atoms with Gasteiger partial charge in [0.1, 0.15) is 11.6 Å². The van der Waals surface area contributed by atoms with Crippen LogP contribution in [0.3, 0.4) is 0 Å². The maximum atomic E-state index is 13.6. The molecule has 0 fully saturated rings. The Kier molecular flexibility index (Phi) is 5.23. The van der Waals surface area contributed by atoms with Gasteiger partial charge in [-0.2, -0.15) is 0 Å². The fourth-order valence-corrected chi connectivity index (χ4v) is 2.50. The maximum Gasteiger partial charge on any atom is 0.139 e. The van der Waals surface area contributed by atoms with Gasteiger partial charge in [0.25, 0.3) is 0 Å². The van der Waals surface area contributed by atoms with Crippen LogP contribution >= 0.6 is 15.9 Å². The molecule has 0 unspecified atom stereocenters. The molecular formula is C17H19BrFNO. The first kappa shape index (κ1) is 15.8. The first-order valence-electron chi connectivity index (χ1n) is 6.91. The van der Waals surface area contributed by atoms with Crippen molar-refractivity contribution < 1.29 is 9.13 Å². The van der Waals surface area contributed by atoms with Crippen molar-refractivity contribution >= 4 is 21.6 Å². The zero-order valence-electron chi connectivity index (χ0n) is 12.4. The molecule has 0 radical (unpaired) electrons. The Balaban J connectivity index is 2.15. The van der Waals surface area contributed by atoms with Crippen LogP contribution in [0.4, 0.5) is 10.1 Å². The lowest BCUT2D eigenvalue weighted by Crippen LogP contribution is -2.09. The van der Waals surface area contributed by atoms with Gasteiger partial charge in [-0.1, -0.05) is 18.2 Å². The third-order valence-corrected chi connectivity index (χ3v) is 3.68. The number of aryl methyl sites for hydroxylation is 1. The Hall–Kier alpha value is -1.55. The summed E-state index contributed by atoms with van der Waals surface area (Å²) in [5.74, 6) is 0.588. The Morgan fingerprint density at radius 2 is 1.95 bits per heavy atom. The highest BCUT2D eigenvalue weighted by Gasteiger charge is 2.08. The van der Waals surface area contributed by atoms with E-state index < -0.39 is 0 Å². The van der Waals surface area contributed by atoms with E-state index in [1.165, 1.54) is 6.07 Å². The Morgan fingerprint density at radius 3 is 2.67 bits per heavy atom. The predicted octanol–water partition coefficient (Wildman–Crippen LogP) is 5.30. The van der Waals surface area contributed by atoms with Crippen LogP contribution in [0, 0.1) is 12.7 Å². The summed E-state index contributed by atoms with van der Waals surface area (Å²) in [6, 6.07) is 11.2. The minimum atomic E-state index is -0.269. The molecule has 2 aromatic rings. The monoisotopic (exact) mass is 351 g/mol. The quantitative estimate of drug-likeness (QED) is 0.789. The third-order valence-electron chi connectivity index (χ3n) is 3.07. The average molecular weight is 352 g/mol. The van der Waals surface area contributed by atoms with Crippen LogP contribution in [-0.4, -0.2) is 6.10 Å². The normalized spacial score (nSPS) is 10.8. The first-order chi connectivity index (χ1) is 9.97. The Labute approximate surface area is 133 Å². The molecule has 0 amide bonds. The largest absolute Gasteiger partial charge is 0.491 e. The van der Waals surface area contributed by atoms with Gasteiger partial charge >= 0.3 is 0 Å². The Bertz CT molecular complexity index is 628. The molecule has 0 saturated carbocycles. The van der Waals surface area contributed by atoms with Crippen molar-refractivity contribution in [1.29, 1.82) is 0 Å². The van der Waals surface area contributed by atoms with Crippen molar-refractivity contribution in [2.75, 3.05) is 5.32 Å². The van der Waals surface area contributed by atoms with Crippen LogP contribution in [0.2, 0.25) is 0 Å². The second-order valence-corrected chi connectivity index (χ2v) is 6.06. The van der Waals surface area contributed by atoms with Gasteiger partial charge in [0.05, 0.1) is 10.6 Å². The van der Waals surface area contributed by atoms with E-state index in [2.05, 4.69) is 21.2 Å². The number of para-hydroxylation sites is 1. The molecule has 0 aliphatic rings. The van der Waals surface area contributed by atoms with Gasteiger partial charge in [0.2, 0.25) is 0 Å². The van der Waals surface area contributed by atoms with E-state index in [9.17, 15) is 4.39 Å². The van der Waals surface area contributed by atoms with Crippen LogP contribution in [0.1, 0.15) is 25.0 Å². The molecule has 2 aromatic carbocycles. The fourth-order valence-electron chi connectivity index (χ4n) is 2.05. The van der Waals surface area contributed by atoms with E-state index >= 15 is 0 Å². The lowest BCUT2D eigenvalue weighted by atomic mass is 10.1. The van der Waals surface area contributed by atoms with E-state index in [0.717, 1.165) is 22.6 Å².